The number of hydrogen-bond acceptors (Lipinski definition) is 5. The molecule has 0 aromatic heterocycles. The number of carbonyl (C=O) groups excluding carboxylic acids is 1. The minimum atomic E-state index is -0.683. The summed E-state index contributed by atoms with van der Waals surface area (Å²) in [5.74, 6) is -0.0914. The summed E-state index contributed by atoms with van der Waals surface area (Å²) in [6.07, 6.45) is 21.3. The summed E-state index contributed by atoms with van der Waals surface area (Å²) in [5, 5.41) is 10.4. The molecule has 0 radical (unpaired) electrons. The third-order valence-electron chi connectivity index (χ3n) is 7.78. The Bertz CT molecular complexity index is 869. The Morgan fingerprint density at radius 1 is 1.13 bits per heavy atom. The maximum absolute atomic E-state index is 11.5. The molecule has 0 amide bonds. The number of ether oxygens (including phenoxy) is 3. The molecule has 2 saturated heterocycles. The topological polar surface area (TPSA) is 65.0 Å². The summed E-state index contributed by atoms with van der Waals surface area (Å²) in [6.45, 7) is 16.6. The fraction of sp³-hybridized carbons (Fsp3) is 0.667. The number of rotatable bonds is 13. The van der Waals surface area contributed by atoms with Crippen LogP contribution in [0.5, 0.6) is 0 Å². The van der Waals surface area contributed by atoms with Gasteiger partial charge in [0.25, 0.3) is 0 Å². The maximum Gasteiger partial charge on any atom is 0.330 e. The molecule has 0 saturated carbocycles. The van der Waals surface area contributed by atoms with E-state index in [0.29, 0.717) is 18.4 Å². The van der Waals surface area contributed by atoms with E-state index in [4.69, 9.17) is 14.2 Å². The van der Waals surface area contributed by atoms with Crippen molar-refractivity contribution in [1.29, 1.82) is 0 Å². The number of esters is 1. The van der Waals surface area contributed by atoms with Gasteiger partial charge in [-0.1, -0.05) is 87.8 Å². The standard InChI is InChI=1S/C33H52O5/c1-8-10-11-28-21-23-33(38-31(28)17-12-24(3)4)22-20-27(7)30(37-33)18-14-25(5)13-16-29(34)26(6)15-19-32(35)36-9-2/h12-17,19,26-31,34H,3,8-11,18,20-23H2,1-2,4-7H3/b16-13+,17-12+,19-15+,25-14+/t26-,27-,28-,29-,30+,31-,33-/m0/s1. The fourth-order valence-electron chi connectivity index (χ4n) is 5.17. The minimum absolute atomic E-state index is 0.0719. The molecule has 0 aliphatic carbocycles. The molecule has 2 aliphatic rings. The Labute approximate surface area is 231 Å². The highest BCUT2D eigenvalue weighted by Crippen LogP contribution is 2.45. The second-order valence-corrected chi connectivity index (χ2v) is 11.3. The molecule has 1 spiro atoms. The van der Waals surface area contributed by atoms with Crippen LogP contribution in [0.3, 0.4) is 0 Å². The molecular formula is C33H52O5. The molecule has 5 nitrogen and oxygen atoms in total. The largest absolute Gasteiger partial charge is 0.463 e. The quantitative estimate of drug-likeness (QED) is 0.151. The normalized spacial score (nSPS) is 30.3. The van der Waals surface area contributed by atoms with Crippen LogP contribution in [-0.4, -0.2) is 41.8 Å². The lowest BCUT2D eigenvalue weighted by molar-refractivity contribution is -0.324. The highest BCUT2D eigenvalue weighted by molar-refractivity contribution is 5.81. The van der Waals surface area contributed by atoms with Crippen molar-refractivity contribution in [3.05, 3.63) is 60.3 Å². The van der Waals surface area contributed by atoms with Gasteiger partial charge in [0.05, 0.1) is 24.9 Å². The molecule has 0 unspecified atom stereocenters. The highest BCUT2D eigenvalue weighted by Gasteiger charge is 2.46. The summed E-state index contributed by atoms with van der Waals surface area (Å²) in [4.78, 5) is 11.5. The molecule has 2 fully saturated rings. The molecule has 0 aromatic rings. The molecule has 7 atom stereocenters. The summed E-state index contributed by atoms with van der Waals surface area (Å²) in [7, 11) is 0. The summed E-state index contributed by atoms with van der Waals surface area (Å²) >= 11 is 0. The zero-order chi connectivity index (χ0) is 28.1. The van der Waals surface area contributed by atoms with Crippen LogP contribution >= 0.6 is 0 Å². The highest BCUT2D eigenvalue weighted by atomic mass is 16.7. The Kier molecular flexibility index (Phi) is 13.8. The van der Waals surface area contributed by atoms with E-state index in [9.17, 15) is 9.90 Å². The van der Waals surface area contributed by atoms with E-state index < -0.39 is 11.9 Å². The average Bonchev–Trinajstić information content (AvgIpc) is 2.89. The van der Waals surface area contributed by atoms with Crippen molar-refractivity contribution < 1.29 is 24.1 Å². The average molecular weight is 529 g/mol. The van der Waals surface area contributed by atoms with Crippen LogP contribution in [0.4, 0.5) is 0 Å². The van der Waals surface area contributed by atoms with E-state index in [-0.39, 0.29) is 24.1 Å². The van der Waals surface area contributed by atoms with Crippen LogP contribution in [0.15, 0.2) is 60.3 Å². The monoisotopic (exact) mass is 528 g/mol. The molecule has 1 N–H and O–H groups in total. The van der Waals surface area contributed by atoms with Gasteiger partial charge in [-0.2, -0.15) is 0 Å². The summed E-state index contributed by atoms with van der Waals surface area (Å²) in [5.41, 5.74) is 2.12. The zero-order valence-electron chi connectivity index (χ0n) is 24.7. The number of unbranched alkanes of at least 4 members (excludes halogenated alkanes) is 1. The number of aliphatic hydroxyl groups excluding tert-OH is 1. The lowest BCUT2D eigenvalue weighted by Gasteiger charge is -2.49. The predicted molar refractivity (Wildman–Crippen MR) is 156 cm³/mol. The van der Waals surface area contributed by atoms with E-state index >= 15 is 0 Å². The van der Waals surface area contributed by atoms with Crippen molar-refractivity contribution in [2.75, 3.05) is 6.61 Å². The van der Waals surface area contributed by atoms with Crippen molar-refractivity contribution >= 4 is 5.97 Å². The van der Waals surface area contributed by atoms with Crippen molar-refractivity contribution in [2.45, 2.75) is 117 Å². The first-order chi connectivity index (χ1) is 18.1. The van der Waals surface area contributed by atoms with E-state index in [1.165, 1.54) is 25.3 Å². The number of aliphatic hydroxyl groups is 1. The van der Waals surface area contributed by atoms with Gasteiger partial charge in [0, 0.05) is 24.8 Å². The number of allylic oxidation sites excluding steroid dienone is 4. The van der Waals surface area contributed by atoms with Gasteiger partial charge in [-0.15, -0.1) is 0 Å². The predicted octanol–water partition coefficient (Wildman–Crippen LogP) is 7.62. The van der Waals surface area contributed by atoms with Crippen molar-refractivity contribution in [2.24, 2.45) is 17.8 Å². The Morgan fingerprint density at radius 2 is 1.87 bits per heavy atom. The van der Waals surface area contributed by atoms with Crippen LogP contribution < -0.4 is 0 Å². The van der Waals surface area contributed by atoms with Gasteiger partial charge < -0.3 is 19.3 Å². The van der Waals surface area contributed by atoms with Crippen LogP contribution in [0.2, 0.25) is 0 Å². The van der Waals surface area contributed by atoms with Gasteiger partial charge in [0.15, 0.2) is 5.79 Å². The third kappa shape index (κ3) is 10.7. The molecule has 38 heavy (non-hydrogen) atoms. The van der Waals surface area contributed by atoms with E-state index in [0.717, 1.165) is 43.3 Å². The molecule has 2 aliphatic heterocycles. The van der Waals surface area contributed by atoms with Crippen LogP contribution in [0.25, 0.3) is 0 Å². The first kappa shape index (κ1) is 32.3. The van der Waals surface area contributed by atoms with Gasteiger partial charge in [0.2, 0.25) is 0 Å². The van der Waals surface area contributed by atoms with Gasteiger partial charge in [0.1, 0.15) is 0 Å². The smallest absolute Gasteiger partial charge is 0.330 e. The minimum Gasteiger partial charge on any atom is -0.463 e. The molecule has 0 bridgehead atoms. The van der Waals surface area contributed by atoms with Gasteiger partial charge in [-0.25, -0.2) is 4.79 Å². The van der Waals surface area contributed by atoms with E-state index in [1.54, 1.807) is 19.1 Å². The van der Waals surface area contributed by atoms with Gasteiger partial charge in [-0.3, -0.25) is 0 Å². The van der Waals surface area contributed by atoms with E-state index in [2.05, 4.69) is 38.7 Å². The second-order valence-electron chi connectivity index (χ2n) is 11.3. The van der Waals surface area contributed by atoms with Crippen LogP contribution in [0.1, 0.15) is 92.9 Å². The molecule has 214 valence electrons. The Morgan fingerprint density at radius 3 is 2.55 bits per heavy atom. The third-order valence-corrected chi connectivity index (χ3v) is 7.78. The Balaban J connectivity index is 2.00. The molecule has 0 aromatic carbocycles. The van der Waals surface area contributed by atoms with Crippen LogP contribution in [0, 0.1) is 17.8 Å². The van der Waals surface area contributed by atoms with Crippen LogP contribution in [-0.2, 0) is 19.0 Å². The number of carbonyl (C=O) groups is 1. The van der Waals surface area contributed by atoms with Crippen molar-refractivity contribution in [3.8, 4) is 0 Å². The Hall–Kier alpha value is -1.95. The summed E-state index contributed by atoms with van der Waals surface area (Å²) in [6, 6.07) is 0. The fourth-order valence-corrected chi connectivity index (χ4v) is 5.17. The second kappa shape index (κ2) is 16.2. The lowest BCUT2D eigenvalue weighted by Crippen LogP contribution is -2.52. The van der Waals surface area contributed by atoms with Gasteiger partial charge >= 0.3 is 5.97 Å². The van der Waals surface area contributed by atoms with E-state index in [1.807, 2.05) is 26.8 Å². The first-order valence-electron chi connectivity index (χ1n) is 14.7. The SMILES string of the molecule is C=C(C)/C=C/[C@@H]1O[C@]2(CC[C@@H]1CCCC)CC[C@H](C)[C@@H](C/C=C(C)/C=C/[C@H](O)[C@@H](C)/C=C/C(=O)OCC)O2. The summed E-state index contributed by atoms with van der Waals surface area (Å²) < 4.78 is 18.4. The van der Waals surface area contributed by atoms with Crippen molar-refractivity contribution in [1.82, 2.24) is 0 Å². The first-order valence-corrected chi connectivity index (χ1v) is 14.7. The van der Waals surface area contributed by atoms with Gasteiger partial charge in [-0.05, 0) is 58.3 Å². The lowest BCUT2D eigenvalue weighted by atomic mass is 9.81. The molecule has 2 heterocycles. The zero-order valence-corrected chi connectivity index (χ0v) is 24.7. The molecule has 2 rings (SSSR count). The maximum atomic E-state index is 11.5. The molecule has 5 heteroatoms. The van der Waals surface area contributed by atoms with Crippen molar-refractivity contribution in [3.63, 3.8) is 0 Å². The molecular weight excluding hydrogens is 476 g/mol. The number of hydrogen-bond donors (Lipinski definition) is 1.